The molecule has 0 spiro atoms. The third-order valence-electron chi connectivity index (χ3n) is 1.35. The smallest absolute Gasteiger partial charge is 0.139 e. The van der Waals surface area contributed by atoms with Crippen LogP contribution >= 0.6 is 9.24 Å². The van der Waals surface area contributed by atoms with Gasteiger partial charge in [0.15, 0.2) is 0 Å². The van der Waals surface area contributed by atoms with Crippen LogP contribution in [0.15, 0.2) is 0 Å². The number of Topliss-reactive ketones (excluding diaryl/α,β-unsaturated/α-hetero) is 1. The molecule has 0 N–H and O–H groups in total. The molecule has 1 nitrogen and oxygen atoms in total. The van der Waals surface area contributed by atoms with E-state index >= 15 is 0 Å². The van der Waals surface area contributed by atoms with Crippen molar-refractivity contribution in [3.63, 3.8) is 0 Å². The van der Waals surface area contributed by atoms with Gasteiger partial charge in [-0.05, 0) is 12.8 Å². The van der Waals surface area contributed by atoms with Crippen LogP contribution in [0.2, 0.25) is 0 Å². The van der Waals surface area contributed by atoms with Crippen LogP contribution in [0.1, 0.15) is 19.3 Å². The third-order valence-corrected chi connectivity index (χ3v) is 2.06. The Hall–Kier alpha value is 0.100. The number of carbonyl (C=O) groups is 1. The molecule has 1 fully saturated rings. The van der Waals surface area contributed by atoms with Crippen molar-refractivity contribution in [1.29, 1.82) is 0 Å². The van der Waals surface area contributed by atoms with Crippen LogP contribution in [0.5, 0.6) is 0 Å². The largest absolute Gasteiger partial charge is 0.299 e. The van der Waals surface area contributed by atoms with Crippen molar-refractivity contribution in [2.75, 3.05) is 0 Å². The van der Waals surface area contributed by atoms with E-state index in [1.54, 1.807) is 0 Å². The number of carbonyl (C=O) groups excluding carboxylic acids is 1. The fourth-order valence-electron chi connectivity index (χ4n) is 0.843. The van der Waals surface area contributed by atoms with Gasteiger partial charge in [0.25, 0.3) is 0 Å². The van der Waals surface area contributed by atoms with Crippen LogP contribution in [0.25, 0.3) is 0 Å². The summed E-state index contributed by atoms with van der Waals surface area (Å²) in [6.45, 7) is 0. The fraction of sp³-hybridized carbons (Fsp3) is 0.800. The lowest BCUT2D eigenvalue weighted by molar-refractivity contribution is -0.116. The highest BCUT2D eigenvalue weighted by atomic mass is 31.0. The molecular formula is C5H9OP. The molecule has 2 unspecified atom stereocenters. The highest BCUT2D eigenvalue weighted by molar-refractivity contribution is 7.19. The summed E-state index contributed by atoms with van der Waals surface area (Å²) in [6.07, 6.45) is 3.00. The molecule has 1 aliphatic rings. The highest BCUT2D eigenvalue weighted by Gasteiger charge is 2.18. The molecule has 0 heterocycles. The molecule has 0 aliphatic heterocycles. The zero-order chi connectivity index (χ0) is 5.28. The van der Waals surface area contributed by atoms with E-state index in [1.807, 2.05) is 0 Å². The van der Waals surface area contributed by atoms with Crippen LogP contribution in [0.3, 0.4) is 0 Å². The Morgan fingerprint density at radius 3 is 2.57 bits per heavy atom. The van der Waals surface area contributed by atoms with Crippen molar-refractivity contribution < 1.29 is 4.79 Å². The molecule has 0 saturated heterocycles. The normalized spacial score (nSPS) is 31.6. The standard InChI is InChI=1S/C5H9OP/c6-4-2-1-3-5(4)7/h5H,1-3,7H2. The number of hydrogen-bond acceptors (Lipinski definition) is 1. The predicted molar refractivity (Wildman–Crippen MR) is 32.4 cm³/mol. The summed E-state index contributed by atoms with van der Waals surface area (Å²) >= 11 is 0. The zero-order valence-corrected chi connectivity index (χ0v) is 5.34. The van der Waals surface area contributed by atoms with E-state index in [1.165, 1.54) is 0 Å². The summed E-state index contributed by atoms with van der Waals surface area (Å²) in [5.74, 6) is 0.421. The Labute approximate surface area is 45.7 Å². The molecule has 0 bridgehead atoms. The molecule has 0 aromatic carbocycles. The lowest BCUT2D eigenvalue weighted by Crippen LogP contribution is -2.01. The molecule has 7 heavy (non-hydrogen) atoms. The van der Waals surface area contributed by atoms with Gasteiger partial charge in [0.2, 0.25) is 0 Å². The van der Waals surface area contributed by atoms with Crippen molar-refractivity contribution in [2.24, 2.45) is 0 Å². The Kier molecular flexibility index (Phi) is 1.43. The molecule has 1 rings (SSSR count). The van der Waals surface area contributed by atoms with Gasteiger partial charge >= 0.3 is 0 Å². The molecule has 0 amide bonds. The van der Waals surface area contributed by atoms with E-state index in [0.717, 1.165) is 19.3 Å². The van der Waals surface area contributed by atoms with Crippen molar-refractivity contribution >= 4 is 15.0 Å². The van der Waals surface area contributed by atoms with E-state index in [-0.39, 0.29) is 0 Å². The minimum atomic E-state index is 0.292. The Morgan fingerprint density at radius 1 is 1.71 bits per heavy atom. The highest BCUT2D eigenvalue weighted by Crippen LogP contribution is 2.20. The van der Waals surface area contributed by atoms with Crippen molar-refractivity contribution in [1.82, 2.24) is 0 Å². The van der Waals surface area contributed by atoms with E-state index in [9.17, 15) is 4.79 Å². The lowest BCUT2D eigenvalue weighted by Gasteiger charge is -1.91. The lowest BCUT2D eigenvalue weighted by atomic mass is 10.3. The monoisotopic (exact) mass is 116 g/mol. The van der Waals surface area contributed by atoms with Gasteiger partial charge in [-0.2, -0.15) is 0 Å². The first-order valence-electron chi connectivity index (χ1n) is 2.59. The summed E-state index contributed by atoms with van der Waals surface area (Å²) in [5.41, 5.74) is 0.292. The van der Waals surface area contributed by atoms with E-state index in [2.05, 4.69) is 9.24 Å². The van der Waals surface area contributed by atoms with Gasteiger partial charge in [-0.15, -0.1) is 9.24 Å². The zero-order valence-electron chi connectivity index (χ0n) is 4.18. The van der Waals surface area contributed by atoms with Crippen LogP contribution < -0.4 is 0 Å². The summed E-state index contributed by atoms with van der Waals surface area (Å²) in [7, 11) is 2.56. The maximum absolute atomic E-state index is 10.6. The second-order valence-corrected chi connectivity index (χ2v) is 2.77. The molecule has 2 atom stereocenters. The molecule has 0 aromatic rings. The fourth-order valence-corrected chi connectivity index (χ4v) is 1.24. The van der Waals surface area contributed by atoms with Gasteiger partial charge < -0.3 is 0 Å². The third kappa shape index (κ3) is 1.01. The van der Waals surface area contributed by atoms with Gasteiger partial charge in [-0.1, -0.05) is 0 Å². The molecule has 40 valence electrons. The molecule has 0 aromatic heterocycles. The second-order valence-electron chi connectivity index (χ2n) is 1.97. The summed E-state index contributed by atoms with van der Waals surface area (Å²) < 4.78 is 0. The van der Waals surface area contributed by atoms with E-state index < -0.39 is 0 Å². The molecule has 1 aliphatic carbocycles. The maximum Gasteiger partial charge on any atom is 0.139 e. The van der Waals surface area contributed by atoms with Crippen LogP contribution in [0, 0.1) is 0 Å². The first-order valence-corrected chi connectivity index (χ1v) is 3.25. The summed E-state index contributed by atoms with van der Waals surface area (Å²) in [4.78, 5) is 10.6. The minimum absolute atomic E-state index is 0.292. The van der Waals surface area contributed by atoms with Gasteiger partial charge in [0.05, 0.1) is 0 Å². The quantitative estimate of drug-likeness (QED) is 0.431. The van der Waals surface area contributed by atoms with Crippen molar-refractivity contribution in [2.45, 2.75) is 24.9 Å². The Balaban J connectivity index is 2.48. The van der Waals surface area contributed by atoms with E-state index in [0.29, 0.717) is 11.4 Å². The first kappa shape index (κ1) is 5.24. The predicted octanol–water partition coefficient (Wildman–Crippen LogP) is 0.983. The average molecular weight is 116 g/mol. The summed E-state index contributed by atoms with van der Waals surface area (Å²) in [5, 5.41) is 0. The van der Waals surface area contributed by atoms with Crippen molar-refractivity contribution in [3.8, 4) is 0 Å². The first-order chi connectivity index (χ1) is 3.30. The molecule has 0 radical (unpaired) electrons. The second kappa shape index (κ2) is 1.92. The summed E-state index contributed by atoms with van der Waals surface area (Å²) in [6, 6.07) is 0. The molecule has 1 saturated carbocycles. The van der Waals surface area contributed by atoms with Crippen molar-refractivity contribution in [3.05, 3.63) is 0 Å². The van der Waals surface area contributed by atoms with Crippen LogP contribution in [-0.2, 0) is 4.79 Å². The Bertz CT molecular complexity index is 90.1. The van der Waals surface area contributed by atoms with Crippen LogP contribution in [-0.4, -0.2) is 11.4 Å². The average Bonchev–Trinajstić information content (AvgIpc) is 1.91. The van der Waals surface area contributed by atoms with Gasteiger partial charge in [-0.3, -0.25) is 4.79 Å². The minimum Gasteiger partial charge on any atom is -0.299 e. The number of rotatable bonds is 0. The molecular weight excluding hydrogens is 107 g/mol. The van der Waals surface area contributed by atoms with Gasteiger partial charge in [0, 0.05) is 12.1 Å². The SMILES string of the molecule is O=C1CCCC1P. The number of hydrogen-bond donors (Lipinski definition) is 0. The van der Waals surface area contributed by atoms with Gasteiger partial charge in [-0.25, -0.2) is 0 Å². The maximum atomic E-state index is 10.6. The Morgan fingerprint density at radius 2 is 2.43 bits per heavy atom. The van der Waals surface area contributed by atoms with Gasteiger partial charge in [0.1, 0.15) is 5.78 Å². The number of ketones is 1. The topological polar surface area (TPSA) is 17.1 Å². The van der Waals surface area contributed by atoms with Crippen LogP contribution in [0.4, 0.5) is 0 Å². The van der Waals surface area contributed by atoms with E-state index in [4.69, 9.17) is 0 Å². The molecule has 2 heteroatoms.